The normalized spacial score (nSPS) is 24.2. The number of ether oxygens (including phenoxy) is 1. The second kappa shape index (κ2) is 7.50. The van der Waals surface area contributed by atoms with E-state index in [2.05, 4.69) is 5.32 Å². The molecule has 0 radical (unpaired) electrons. The van der Waals surface area contributed by atoms with Crippen LogP contribution in [0.15, 0.2) is 0 Å². The fourth-order valence-electron chi connectivity index (χ4n) is 3.14. The molecule has 0 spiro atoms. The lowest BCUT2D eigenvalue weighted by Crippen LogP contribution is -2.48. The van der Waals surface area contributed by atoms with Gasteiger partial charge in [0.05, 0.1) is 12.5 Å². The molecular weight excluding hydrogens is 256 g/mol. The predicted octanol–water partition coefficient (Wildman–Crippen LogP) is 2.30. The monoisotopic (exact) mass is 282 g/mol. The average Bonchev–Trinajstić information content (AvgIpc) is 2.48. The summed E-state index contributed by atoms with van der Waals surface area (Å²) in [6.45, 7) is 3.38. The third-order valence-corrected chi connectivity index (χ3v) is 4.27. The van der Waals surface area contributed by atoms with Crippen LogP contribution >= 0.6 is 0 Å². The van der Waals surface area contributed by atoms with Crippen molar-refractivity contribution in [2.75, 3.05) is 19.7 Å². The minimum absolute atomic E-state index is 0.0740. The van der Waals surface area contributed by atoms with Crippen molar-refractivity contribution >= 4 is 12.0 Å². The van der Waals surface area contributed by atoms with Crippen LogP contribution in [0.2, 0.25) is 0 Å². The molecule has 2 aliphatic rings. The highest BCUT2D eigenvalue weighted by molar-refractivity contribution is 5.80. The van der Waals surface area contributed by atoms with Gasteiger partial charge in [-0.3, -0.25) is 4.79 Å². The Morgan fingerprint density at radius 1 is 1.15 bits per heavy atom. The van der Waals surface area contributed by atoms with Crippen LogP contribution in [0.3, 0.4) is 0 Å². The molecule has 1 saturated carbocycles. The molecule has 1 heterocycles. The summed E-state index contributed by atoms with van der Waals surface area (Å²) >= 11 is 0. The van der Waals surface area contributed by atoms with E-state index in [1.165, 1.54) is 19.3 Å². The van der Waals surface area contributed by atoms with Crippen LogP contribution in [-0.4, -0.2) is 42.6 Å². The van der Waals surface area contributed by atoms with Gasteiger partial charge in [-0.25, -0.2) is 4.79 Å². The van der Waals surface area contributed by atoms with E-state index < -0.39 is 0 Å². The Morgan fingerprint density at radius 2 is 1.90 bits per heavy atom. The quantitative estimate of drug-likeness (QED) is 0.864. The van der Waals surface area contributed by atoms with Gasteiger partial charge >= 0.3 is 6.09 Å². The van der Waals surface area contributed by atoms with E-state index in [0.29, 0.717) is 25.7 Å². The molecule has 5 heteroatoms. The van der Waals surface area contributed by atoms with E-state index in [1.54, 1.807) is 11.8 Å². The van der Waals surface area contributed by atoms with Gasteiger partial charge in [-0.2, -0.15) is 0 Å². The first-order valence-electron chi connectivity index (χ1n) is 7.92. The second-order valence-corrected chi connectivity index (χ2v) is 5.83. The lowest BCUT2D eigenvalue weighted by Gasteiger charge is -2.32. The summed E-state index contributed by atoms with van der Waals surface area (Å²) in [4.78, 5) is 25.7. The lowest BCUT2D eigenvalue weighted by atomic mass is 9.93. The highest BCUT2D eigenvalue weighted by Crippen LogP contribution is 2.21. The van der Waals surface area contributed by atoms with E-state index in [1.807, 2.05) is 0 Å². The molecule has 1 aliphatic carbocycles. The summed E-state index contributed by atoms with van der Waals surface area (Å²) in [6.07, 6.45) is 7.36. The summed E-state index contributed by atoms with van der Waals surface area (Å²) in [5.41, 5.74) is 0. The van der Waals surface area contributed by atoms with E-state index in [9.17, 15) is 9.59 Å². The van der Waals surface area contributed by atoms with E-state index >= 15 is 0 Å². The Hall–Kier alpha value is -1.26. The van der Waals surface area contributed by atoms with Gasteiger partial charge < -0.3 is 15.0 Å². The number of nitrogens with one attached hydrogen (secondary N) is 1. The number of hydrogen-bond acceptors (Lipinski definition) is 3. The number of hydrogen-bond donors (Lipinski definition) is 1. The fraction of sp³-hybridized carbons (Fsp3) is 0.867. The average molecular weight is 282 g/mol. The van der Waals surface area contributed by atoms with Crippen LogP contribution in [-0.2, 0) is 9.53 Å². The van der Waals surface area contributed by atoms with Crippen LogP contribution in [0, 0.1) is 5.92 Å². The van der Waals surface area contributed by atoms with E-state index in [0.717, 1.165) is 25.7 Å². The van der Waals surface area contributed by atoms with Crippen molar-refractivity contribution in [3.05, 3.63) is 0 Å². The highest BCUT2D eigenvalue weighted by Gasteiger charge is 2.30. The van der Waals surface area contributed by atoms with Crippen molar-refractivity contribution in [3.8, 4) is 0 Å². The van der Waals surface area contributed by atoms with Crippen molar-refractivity contribution in [1.29, 1.82) is 0 Å². The van der Waals surface area contributed by atoms with Gasteiger partial charge in [0.15, 0.2) is 0 Å². The van der Waals surface area contributed by atoms with Crippen molar-refractivity contribution in [2.45, 2.75) is 57.9 Å². The predicted molar refractivity (Wildman–Crippen MR) is 76.3 cm³/mol. The van der Waals surface area contributed by atoms with Gasteiger partial charge in [0, 0.05) is 19.1 Å². The van der Waals surface area contributed by atoms with Gasteiger partial charge in [-0.15, -0.1) is 0 Å². The molecule has 0 unspecified atom stereocenters. The van der Waals surface area contributed by atoms with Crippen molar-refractivity contribution in [1.82, 2.24) is 10.2 Å². The largest absolute Gasteiger partial charge is 0.450 e. The van der Waals surface area contributed by atoms with Crippen LogP contribution in [0.25, 0.3) is 0 Å². The zero-order valence-corrected chi connectivity index (χ0v) is 12.4. The standard InChI is InChI=1S/C15H26N2O3/c1-2-20-15(19)17-10-6-7-12(11-17)14(18)16-13-8-4-3-5-9-13/h12-13H,2-11H2,1H3,(H,16,18)/t12-/m1/s1. The number of likely N-dealkylation sites (tertiary alicyclic amines) is 1. The van der Waals surface area contributed by atoms with Crippen LogP contribution in [0.1, 0.15) is 51.9 Å². The molecule has 5 nitrogen and oxygen atoms in total. The molecule has 20 heavy (non-hydrogen) atoms. The summed E-state index contributed by atoms with van der Waals surface area (Å²) < 4.78 is 5.01. The first-order valence-corrected chi connectivity index (χ1v) is 7.92. The molecule has 1 aliphatic heterocycles. The molecule has 0 aromatic rings. The fourth-order valence-corrected chi connectivity index (χ4v) is 3.14. The number of carbonyl (C=O) groups excluding carboxylic acids is 2. The second-order valence-electron chi connectivity index (χ2n) is 5.83. The number of amides is 2. The van der Waals surface area contributed by atoms with Crippen molar-refractivity contribution in [3.63, 3.8) is 0 Å². The molecule has 1 atom stereocenters. The molecule has 1 N–H and O–H groups in total. The first-order chi connectivity index (χ1) is 9.70. The van der Waals surface area contributed by atoms with Crippen LogP contribution in [0.4, 0.5) is 4.79 Å². The Kier molecular flexibility index (Phi) is 5.68. The van der Waals surface area contributed by atoms with Crippen LogP contribution in [0.5, 0.6) is 0 Å². The maximum absolute atomic E-state index is 12.3. The van der Waals surface area contributed by atoms with Crippen LogP contribution < -0.4 is 5.32 Å². The summed E-state index contributed by atoms with van der Waals surface area (Å²) in [6, 6.07) is 0.342. The van der Waals surface area contributed by atoms with E-state index in [-0.39, 0.29) is 17.9 Å². The number of nitrogens with zero attached hydrogens (tertiary/aromatic N) is 1. The van der Waals surface area contributed by atoms with Gasteiger partial charge in [-0.05, 0) is 32.6 Å². The topological polar surface area (TPSA) is 58.6 Å². The summed E-state index contributed by atoms with van der Waals surface area (Å²) in [5, 5.41) is 3.16. The zero-order chi connectivity index (χ0) is 14.4. The molecule has 2 rings (SSSR count). The van der Waals surface area contributed by atoms with Gasteiger partial charge in [0.2, 0.25) is 5.91 Å². The first kappa shape index (κ1) is 15.1. The number of carbonyl (C=O) groups is 2. The minimum atomic E-state index is -0.289. The number of rotatable bonds is 3. The van der Waals surface area contributed by atoms with E-state index in [4.69, 9.17) is 4.74 Å². The minimum Gasteiger partial charge on any atom is -0.450 e. The third-order valence-electron chi connectivity index (χ3n) is 4.27. The molecule has 2 fully saturated rings. The summed E-state index contributed by atoms with van der Waals surface area (Å²) in [7, 11) is 0. The molecule has 0 aromatic heterocycles. The zero-order valence-electron chi connectivity index (χ0n) is 12.4. The Balaban J connectivity index is 1.81. The Labute approximate surface area is 121 Å². The third kappa shape index (κ3) is 4.12. The van der Waals surface area contributed by atoms with Gasteiger partial charge in [0.1, 0.15) is 0 Å². The molecule has 114 valence electrons. The smallest absolute Gasteiger partial charge is 0.409 e. The number of piperidine rings is 1. The van der Waals surface area contributed by atoms with Crippen molar-refractivity contribution in [2.24, 2.45) is 5.92 Å². The Morgan fingerprint density at radius 3 is 2.60 bits per heavy atom. The lowest BCUT2D eigenvalue weighted by molar-refractivity contribution is -0.127. The van der Waals surface area contributed by atoms with Gasteiger partial charge in [-0.1, -0.05) is 19.3 Å². The maximum Gasteiger partial charge on any atom is 0.409 e. The maximum atomic E-state index is 12.3. The molecule has 0 bridgehead atoms. The molecule has 0 aromatic carbocycles. The molecular formula is C15H26N2O3. The Bertz CT molecular complexity index is 340. The van der Waals surface area contributed by atoms with Gasteiger partial charge in [0.25, 0.3) is 0 Å². The molecule has 2 amide bonds. The summed E-state index contributed by atoms with van der Waals surface area (Å²) in [5.74, 6) is 0.0426. The SMILES string of the molecule is CCOC(=O)N1CCC[C@@H](C(=O)NC2CCCCC2)C1. The van der Waals surface area contributed by atoms with Crippen molar-refractivity contribution < 1.29 is 14.3 Å². The molecule has 1 saturated heterocycles. The highest BCUT2D eigenvalue weighted by atomic mass is 16.6.